The maximum Gasteiger partial charge on any atom is 0.225 e. The van der Waals surface area contributed by atoms with Crippen molar-refractivity contribution in [2.24, 2.45) is 5.92 Å². The minimum Gasteiger partial charge on any atom is -0.490 e. The van der Waals surface area contributed by atoms with E-state index in [4.69, 9.17) is 15.2 Å². The van der Waals surface area contributed by atoms with Gasteiger partial charge < -0.3 is 20.5 Å². The summed E-state index contributed by atoms with van der Waals surface area (Å²) >= 11 is 0. The lowest BCUT2D eigenvalue weighted by Gasteiger charge is -2.11. The Morgan fingerprint density at radius 2 is 2.32 bits per heavy atom. The van der Waals surface area contributed by atoms with E-state index < -0.39 is 0 Å². The number of nitrogens with two attached hydrogens (primary N) is 1. The van der Waals surface area contributed by atoms with Gasteiger partial charge in [-0.2, -0.15) is 0 Å². The van der Waals surface area contributed by atoms with Gasteiger partial charge in [-0.05, 0) is 25.5 Å². The van der Waals surface area contributed by atoms with E-state index in [9.17, 15) is 4.79 Å². The van der Waals surface area contributed by atoms with Crippen LogP contribution in [0.1, 0.15) is 13.3 Å². The minimum absolute atomic E-state index is 0.0307. The Labute approximate surface area is 113 Å². The molecular weight excluding hydrogens is 244 g/mol. The van der Waals surface area contributed by atoms with E-state index in [1.807, 2.05) is 25.1 Å². The number of carbonyl (C=O) groups excluding carboxylic acids is 1. The van der Waals surface area contributed by atoms with E-state index in [0.717, 1.165) is 6.42 Å². The van der Waals surface area contributed by atoms with Crippen molar-refractivity contribution in [2.75, 3.05) is 25.5 Å². The summed E-state index contributed by atoms with van der Waals surface area (Å²) in [5.74, 6) is 0.653. The first-order valence-electron chi connectivity index (χ1n) is 6.53. The average Bonchev–Trinajstić information content (AvgIpc) is 2.83. The summed E-state index contributed by atoms with van der Waals surface area (Å²) < 4.78 is 10.9. The van der Waals surface area contributed by atoms with E-state index in [1.54, 1.807) is 6.07 Å². The van der Waals surface area contributed by atoms with E-state index in [1.165, 1.54) is 0 Å². The highest BCUT2D eigenvalue weighted by molar-refractivity contribution is 5.79. The topological polar surface area (TPSA) is 73.6 Å². The molecule has 1 aliphatic heterocycles. The van der Waals surface area contributed by atoms with Gasteiger partial charge in [0.15, 0.2) is 0 Å². The van der Waals surface area contributed by atoms with Crippen LogP contribution in [-0.2, 0) is 9.53 Å². The third-order valence-electron chi connectivity index (χ3n) is 3.15. The van der Waals surface area contributed by atoms with Gasteiger partial charge in [-0.25, -0.2) is 0 Å². The number of hydrogen-bond acceptors (Lipinski definition) is 4. The zero-order chi connectivity index (χ0) is 13.7. The van der Waals surface area contributed by atoms with Gasteiger partial charge in [0.2, 0.25) is 5.91 Å². The Kier molecular flexibility index (Phi) is 4.63. The van der Waals surface area contributed by atoms with Gasteiger partial charge in [0.05, 0.1) is 30.9 Å². The van der Waals surface area contributed by atoms with Crippen LogP contribution in [0.15, 0.2) is 24.3 Å². The molecule has 1 aromatic carbocycles. The Morgan fingerprint density at radius 1 is 1.53 bits per heavy atom. The van der Waals surface area contributed by atoms with Crippen molar-refractivity contribution >= 4 is 11.6 Å². The van der Waals surface area contributed by atoms with Crippen molar-refractivity contribution in [1.82, 2.24) is 5.32 Å². The van der Waals surface area contributed by atoms with Crippen molar-refractivity contribution in [3.63, 3.8) is 0 Å². The molecule has 1 fully saturated rings. The highest BCUT2D eigenvalue weighted by Crippen LogP contribution is 2.20. The molecule has 3 N–H and O–H groups in total. The zero-order valence-electron chi connectivity index (χ0n) is 11.1. The second-order valence-corrected chi connectivity index (χ2v) is 4.75. The van der Waals surface area contributed by atoms with Crippen LogP contribution < -0.4 is 15.8 Å². The van der Waals surface area contributed by atoms with Crippen LogP contribution in [0.5, 0.6) is 5.75 Å². The van der Waals surface area contributed by atoms with Crippen molar-refractivity contribution in [3.05, 3.63) is 24.3 Å². The lowest BCUT2D eigenvalue weighted by atomic mass is 10.1. The second-order valence-electron chi connectivity index (χ2n) is 4.75. The van der Waals surface area contributed by atoms with E-state index in [2.05, 4.69) is 5.32 Å². The summed E-state index contributed by atoms with van der Waals surface area (Å²) in [7, 11) is 0. The Morgan fingerprint density at radius 3 is 3.00 bits per heavy atom. The summed E-state index contributed by atoms with van der Waals surface area (Å²) in [5.41, 5.74) is 6.35. The predicted octanol–water partition coefficient (Wildman–Crippen LogP) is 1.19. The number of ether oxygens (including phenoxy) is 2. The molecule has 0 saturated carbocycles. The molecule has 1 heterocycles. The molecule has 0 aromatic heterocycles. The third kappa shape index (κ3) is 3.86. The standard InChI is InChI=1S/C14H20N2O3/c1-10-8-11(9-19-10)14(17)16-6-7-18-13-5-3-2-4-12(13)15/h2-5,10-11H,6-9,15H2,1H3,(H,16,17). The summed E-state index contributed by atoms with van der Waals surface area (Å²) in [4.78, 5) is 11.8. The number of para-hydroxylation sites is 2. The van der Waals surface area contributed by atoms with Crippen LogP contribution in [0.4, 0.5) is 5.69 Å². The molecule has 2 rings (SSSR count). The lowest BCUT2D eigenvalue weighted by molar-refractivity contribution is -0.125. The molecule has 19 heavy (non-hydrogen) atoms. The fraction of sp³-hybridized carbons (Fsp3) is 0.500. The van der Waals surface area contributed by atoms with Crippen LogP contribution in [0.25, 0.3) is 0 Å². The molecule has 5 nitrogen and oxygen atoms in total. The molecule has 2 atom stereocenters. The van der Waals surface area contributed by atoms with E-state index in [-0.39, 0.29) is 17.9 Å². The molecule has 1 aromatic rings. The first kappa shape index (κ1) is 13.7. The number of rotatable bonds is 5. The smallest absolute Gasteiger partial charge is 0.225 e. The van der Waals surface area contributed by atoms with Gasteiger partial charge in [0, 0.05) is 0 Å². The third-order valence-corrected chi connectivity index (χ3v) is 3.15. The fourth-order valence-electron chi connectivity index (χ4n) is 2.09. The first-order chi connectivity index (χ1) is 9.16. The lowest BCUT2D eigenvalue weighted by Crippen LogP contribution is -2.34. The summed E-state index contributed by atoms with van der Waals surface area (Å²) in [5, 5.41) is 2.85. The molecule has 1 saturated heterocycles. The van der Waals surface area contributed by atoms with Gasteiger partial charge in [-0.1, -0.05) is 12.1 Å². The monoisotopic (exact) mass is 264 g/mol. The summed E-state index contributed by atoms with van der Waals surface area (Å²) in [6.45, 7) is 3.37. The van der Waals surface area contributed by atoms with Gasteiger partial charge in [0.1, 0.15) is 12.4 Å². The number of amides is 1. The maximum atomic E-state index is 11.8. The molecule has 1 aliphatic rings. The minimum atomic E-state index is -0.0307. The number of anilines is 1. The number of hydrogen-bond donors (Lipinski definition) is 2. The molecular formula is C14H20N2O3. The molecule has 1 amide bonds. The molecule has 0 bridgehead atoms. The van der Waals surface area contributed by atoms with Gasteiger partial charge in [0.25, 0.3) is 0 Å². The molecule has 5 heteroatoms. The largest absolute Gasteiger partial charge is 0.490 e. The van der Waals surface area contributed by atoms with Crippen LogP contribution in [0, 0.1) is 5.92 Å². The predicted molar refractivity (Wildman–Crippen MR) is 72.9 cm³/mol. The Bertz CT molecular complexity index is 436. The fourth-order valence-corrected chi connectivity index (χ4v) is 2.09. The van der Waals surface area contributed by atoms with E-state index >= 15 is 0 Å². The van der Waals surface area contributed by atoms with Crippen molar-refractivity contribution < 1.29 is 14.3 Å². The SMILES string of the molecule is CC1CC(C(=O)NCCOc2ccccc2N)CO1. The highest BCUT2D eigenvalue weighted by atomic mass is 16.5. The van der Waals surface area contributed by atoms with E-state index in [0.29, 0.717) is 31.2 Å². The number of benzene rings is 1. The van der Waals surface area contributed by atoms with Crippen LogP contribution >= 0.6 is 0 Å². The zero-order valence-corrected chi connectivity index (χ0v) is 11.1. The molecule has 0 radical (unpaired) electrons. The number of nitrogens with one attached hydrogen (secondary N) is 1. The second kappa shape index (κ2) is 6.43. The maximum absolute atomic E-state index is 11.8. The van der Waals surface area contributed by atoms with Crippen LogP contribution in [0.3, 0.4) is 0 Å². The van der Waals surface area contributed by atoms with Crippen molar-refractivity contribution in [2.45, 2.75) is 19.4 Å². The molecule has 0 spiro atoms. The quantitative estimate of drug-likeness (QED) is 0.619. The van der Waals surface area contributed by atoms with Crippen LogP contribution in [-0.4, -0.2) is 31.8 Å². The molecule has 104 valence electrons. The number of carbonyl (C=O) groups is 1. The molecule has 2 unspecified atom stereocenters. The Balaban J connectivity index is 1.67. The van der Waals surface area contributed by atoms with Crippen molar-refractivity contribution in [3.8, 4) is 5.75 Å². The average molecular weight is 264 g/mol. The summed E-state index contributed by atoms with van der Waals surface area (Å²) in [6.07, 6.45) is 0.967. The molecule has 0 aliphatic carbocycles. The van der Waals surface area contributed by atoms with Gasteiger partial charge >= 0.3 is 0 Å². The van der Waals surface area contributed by atoms with Gasteiger partial charge in [-0.3, -0.25) is 4.79 Å². The Hall–Kier alpha value is -1.75. The summed E-state index contributed by atoms with van der Waals surface area (Å²) in [6, 6.07) is 7.31. The van der Waals surface area contributed by atoms with Crippen LogP contribution in [0.2, 0.25) is 0 Å². The van der Waals surface area contributed by atoms with Crippen molar-refractivity contribution in [1.29, 1.82) is 0 Å². The highest BCUT2D eigenvalue weighted by Gasteiger charge is 2.27. The van der Waals surface area contributed by atoms with Gasteiger partial charge in [-0.15, -0.1) is 0 Å². The normalized spacial score (nSPS) is 22.2. The first-order valence-corrected chi connectivity index (χ1v) is 6.53. The number of nitrogen functional groups attached to an aromatic ring is 1.